The molecule has 80 valence electrons. The number of nitrogens with zero attached hydrogens (tertiary/aromatic N) is 1. The molecule has 2 rings (SSSR count). The highest BCUT2D eigenvalue weighted by Crippen LogP contribution is 2.33. The second-order valence-electron chi connectivity index (χ2n) is 4.17. The summed E-state index contributed by atoms with van der Waals surface area (Å²) in [4.78, 5) is 13.2. The predicted molar refractivity (Wildman–Crippen MR) is 59.1 cm³/mol. The summed E-state index contributed by atoms with van der Waals surface area (Å²) in [6, 6.07) is 9.75. The first-order chi connectivity index (χ1) is 7.14. The van der Waals surface area contributed by atoms with Gasteiger partial charge in [-0.3, -0.25) is 0 Å². The number of rotatable bonds is 2. The molecule has 1 aliphatic heterocycles. The maximum atomic E-state index is 11.3. The predicted octanol–water partition coefficient (Wildman–Crippen LogP) is 2.13. The van der Waals surface area contributed by atoms with Gasteiger partial charge in [0.25, 0.3) is 0 Å². The van der Waals surface area contributed by atoms with Crippen molar-refractivity contribution < 1.29 is 9.90 Å². The van der Waals surface area contributed by atoms with Gasteiger partial charge in [0.05, 0.1) is 0 Å². The molecule has 1 heterocycles. The number of benzene rings is 1. The van der Waals surface area contributed by atoms with Crippen molar-refractivity contribution >= 4 is 11.7 Å². The molecule has 0 saturated carbocycles. The van der Waals surface area contributed by atoms with Gasteiger partial charge in [-0.05, 0) is 31.9 Å². The Bertz CT molecular complexity index is 363. The molecule has 1 N–H and O–H groups in total. The number of carboxylic acids is 1. The van der Waals surface area contributed by atoms with Crippen molar-refractivity contribution in [2.45, 2.75) is 25.3 Å². The van der Waals surface area contributed by atoms with Crippen molar-refractivity contribution in [3.8, 4) is 0 Å². The zero-order valence-electron chi connectivity index (χ0n) is 8.81. The Balaban J connectivity index is 2.34. The van der Waals surface area contributed by atoms with Gasteiger partial charge in [0.2, 0.25) is 0 Å². The maximum absolute atomic E-state index is 11.3. The van der Waals surface area contributed by atoms with E-state index in [0.717, 1.165) is 25.1 Å². The molecule has 3 heteroatoms. The highest BCUT2D eigenvalue weighted by atomic mass is 16.4. The lowest BCUT2D eigenvalue weighted by Crippen LogP contribution is -2.48. The SMILES string of the molecule is CC1(C(=O)O)CCCN1c1ccccc1. The molecule has 1 saturated heterocycles. The van der Waals surface area contributed by atoms with E-state index < -0.39 is 11.5 Å². The lowest BCUT2D eigenvalue weighted by molar-refractivity contribution is -0.142. The van der Waals surface area contributed by atoms with E-state index in [9.17, 15) is 9.90 Å². The fourth-order valence-corrected chi connectivity index (χ4v) is 2.21. The Labute approximate surface area is 89.3 Å². The van der Waals surface area contributed by atoms with Crippen molar-refractivity contribution in [1.82, 2.24) is 0 Å². The van der Waals surface area contributed by atoms with Crippen LogP contribution in [0.4, 0.5) is 5.69 Å². The fourth-order valence-electron chi connectivity index (χ4n) is 2.21. The van der Waals surface area contributed by atoms with E-state index in [1.807, 2.05) is 35.2 Å². The summed E-state index contributed by atoms with van der Waals surface area (Å²) in [5.41, 5.74) is 0.265. The van der Waals surface area contributed by atoms with Crippen LogP contribution in [0.3, 0.4) is 0 Å². The summed E-state index contributed by atoms with van der Waals surface area (Å²) in [6.45, 7) is 2.63. The van der Waals surface area contributed by atoms with Crippen molar-refractivity contribution in [2.24, 2.45) is 0 Å². The molecule has 0 amide bonds. The Morgan fingerprint density at radius 1 is 1.40 bits per heavy atom. The van der Waals surface area contributed by atoms with Crippen molar-refractivity contribution in [2.75, 3.05) is 11.4 Å². The van der Waals surface area contributed by atoms with Crippen LogP contribution in [0.1, 0.15) is 19.8 Å². The molecule has 1 unspecified atom stereocenters. The van der Waals surface area contributed by atoms with Crippen LogP contribution >= 0.6 is 0 Å². The van der Waals surface area contributed by atoms with Crippen LogP contribution in [0.2, 0.25) is 0 Å². The summed E-state index contributed by atoms with van der Waals surface area (Å²) >= 11 is 0. The molecule has 0 spiro atoms. The molecule has 0 aromatic heterocycles. The summed E-state index contributed by atoms with van der Waals surface area (Å²) in [5.74, 6) is -0.733. The third-order valence-electron chi connectivity index (χ3n) is 3.17. The van der Waals surface area contributed by atoms with Crippen LogP contribution in [0.15, 0.2) is 30.3 Å². The molecule has 0 bridgehead atoms. The minimum Gasteiger partial charge on any atom is -0.480 e. The first-order valence-electron chi connectivity index (χ1n) is 5.21. The number of carbonyl (C=O) groups is 1. The van der Waals surface area contributed by atoms with E-state index in [1.165, 1.54) is 0 Å². The van der Waals surface area contributed by atoms with Gasteiger partial charge in [0, 0.05) is 12.2 Å². The van der Waals surface area contributed by atoms with Crippen LogP contribution < -0.4 is 4.90 Å². The molecular weight excluding hydrogens is 190 g/mol. The van der Waals surface area contributed by atoms with Gasteiger partial charge in [-0.2, -0.15) is 0 Å². The molecule has 0 aliphatic carbocycles. The van der Waals surface area contributed by atoms with E-state index in [1.54, 1.807) is 6.92 Å². The van der Waals surface area contributed by atoms with Gasteiger partial charge in [-0.1, -0.05) is 18.2 Å². The summed E-state index contributed by atoms with van der Waals surface area (Å²) in [6.07, 6.45) is 1.66. The molecule has 1 aromatic carbocycles. The van der Waals surface area contributed by atoms with Gasteiger partial charge < -0.3 is 10.0 Å². The first kappa shape index (κ1) is 10.0. The van der Waals surface area contributed by atoms with Crippen LogP contribution in [-0.4, -0.2) is 23.2 Å². The molecule has 1 aliphatic rings. The van der Waals surface area contributed by atoms with Crippen molar-refractivity contribution in [3.05, 3.63) is 30.3 Å². The van der Waals surface area contributed by atoms with Gasteiger partial charge in [0.15, 0.2) is 0 Å². The first-order valence-corrected chi connectivity index (χ1v) is 5.21. The molecule has 3 nitrogen and oxygen atoms in total. The van der Waals surface area contributed by atoms with Crippen molar-refractivity contribution in [1.29, 1.82) is 0 Å². The lowest BCUT2D eigenvalue weighted by atomic mass is 9.99. The zero-order valence-corrected chi connectivity index (χ0v) is 8.81. The standard InChI is InChI=1S/C12H15NO2/c1-12(11(14)15)8-5-9-13(12)10-6-3-2-4-7-10/h2-4,6-7H,5,8-9H2,1H3,(H,14,15). The number of carboxylic acid groups (broad SMARTS) is 1. The van der Waals surface area contributed by atoms with Gasteiger partial charge in [-0.15, -0.1) is 0 Å². The fraction of sp³-hybridized carbons (Fsp3) is 0.417. The third-order valence-corrected chi connectivity index (χ3v) is 3.17. The van der Waals surface area contributed by atoms with Gasteiger partial charge in [-0.25, -0.2) is 4.79 Å². The van der Waals surface area contributed by atoms with E-state index in [2.05, 4.69) is 0 Å². The van der Waals surface area contributed by atoms with Gasteiger partial charge in [0.1, 0.15) is 5.54 Å². The highest BCUT2D eigenvalue weighted by molar-refractivity contribution is 5.83. The smallest absolute Gasteiger partial charge is 0.329 e. The third kappa shape index (κ3) is 1.58. The van der Waals surface area contributed by atoms with Crippen LogP contribution in [0.5, 0.6) is 0 Å². The quantitative estimate of drug-likeness (QED) is 0.804. The average molecular weight is 205 g/mol. The minimum absolute atomic E-state index is 0.719. The molecule has 15 heavy (non-hydrogen) atoms. The number of para-hydroxylation sites is 1. The van der Waals surface area contributed by atoms with E-state index >= 15 is 0 Å². The molecule has 0 radical (unpaired) electrons. The molecule has 1 fully saturated rings. The zero-order chi connectivity index (χ0) is 10.9. The summed E-state index contributed by atoms with van der Waals surface area (Å²) < 4.78 is 0. The number of anilines is 1. The second kappa shape index (κ2) is 3.57. The largest absolute Gasteiger partial charge is 0.480 e. The van der Waals surface area contributed by atoms with Crippen LogP contribution in [0.25, 0.3) is 0 Å². The number of aliphatic carboxylic acids is 1. The number of hydrogen-bond acceptors (Lipinski definition) is 2. The summed E-state index contributed by atoms with van der Waals surface area (Å²) in [5, 5.41) is 9.26. The van der Waals surface area contributed by atoms with Crippen LogP contribution in [0, 0.1) is 0 Å². The molecular formula is C12H15NO2. The normalized spacial score (nSPS) is 25.5. The average Bonchev–Trinajstić information content (AvgIpc) is 2.63. The minimum atomic E-state index is -0.735. The Kier molecular flexibility index (Phi) is 2.39. The maximum Gasteiger partial charge on any atom is 0.329 e. The Morgan fingerprint density at radius 2 is 2.07 bits per heavy atom. The molecule has 1 atom stereocenters. The van der Waals surface area contributed by atoms with E-state index in [4.69, 9.17) is 0 Å². The lowest BCUT2D eigenvalue weighted by Gasteiger charge is -2.33. The van der Waals surface area contributed by atoms with E-state index in [-0.39, 0.29) is 0 Å². The van der Waals surface area contributed by atoms with Crippen molar-refractivity contribution in [3.63, 3.8) is 0 Å². The Morgan fingerprint density at radius 3 is 2.67 bits per heavy atom. The Hall–Kier alpha value is -1.51. The molecule has 1 aromatic rings. The highest BCUT2D eigenvalue weighted by Gasteiger charge is 2.43. The summed E-state index contributed by atoms with van der Waals surface area (Å²) in [7, 11) is 0. The van der Waals surface area contributed by atoms with Gasteiger partial charge >= 0.3 is 5.97 Å². The van der Waals surface area contributed by atoms with Crippen LogP contribution in [-0.2, 0) is 4.79 Å². The van der Waals surface area contributed by atoms with E-state index in [0.29, 0.717) is 0 Å². The number of hydrogen-bond donors (Lipinski definition) is 1. The topological polar surface area (TPSA) is 40.5 Å². The monoisotopic (exact) mass is 205 g/mol. The second-order valence-corrected chi connectivity index (χ2v) is 4.17.